The van der Waals surface area contributed by atoms with Crippen LogP contribution in [-0.2, 0) is 15.1 Å². The van der Waals surface area contributed by atoms with Crippen molar-refractivity contribution in [2.45, 2.75) is 46.1 Å². The van der Waals surface area contributed by atoms with Gasteiger partial charge in [0.1, 0.15) is 11.4 Å². The molecule has 1 fully saturated rings. The standard InChI is InChI=1S/C17H18N4O2.C16H14N4O3.C4H8O.CH3.BrH.Mg/c1-10-5-4-6-13(19-10)16(22)20-15-7-11-9-18-21-14(11)8-12(15)17(2,3)23;1-9-4-3-5-12(18-9)15(21)19-14-6-10-8-17-20-13(10)7-11(14)16(22)23-2;1-2-4-5-3-1;;;/h4-9,23H,1-3H3,(H,18,21)(H,20,22);3-8H,1-2H3,(H,17,20)(H,19,21);1-4H2;1H3;1H;/q;;;-1;;+2/p-1. The predicted octanol–water partition coefficient (Wildman–Crippen LogP) is 2.92. The summed E-state index contributed by atoms with van der Waals surface area (Å²) >= 11 is 0. The second kappa shape index (κ2) is 20.6. The molecule has 16 heteroatoms. The first-order valence-electron chi connectivity index (χ1n) is 16.3. The van der Waals surface area contributed by atoms with Crippen molar-refractivity contribution >= 4 is 74.0 Å². The third-order valence-electron chi connectivity index (χ3n) is 7.79. The second-order valence-corrected chi connectivity index (χ2v) is 12.3. The van der Waals surface area contributed by atoms with Gasteiger partial charge >= 0.3 is 29.0 Å². The molecule has 0 unspecified atom stereocenters. The number of aryl methyl sites for hydroxylation is 2. The number of esters is 1. The Bertz CT molecular complexity index is 2170. The van der Waals surface area contributed by atoms with Gasteiger partial charge in [0.15, 0.2) is 0 Å². The molecule has 2 amide bonds. The molecule has 5 heterocycles. The van der Waals surface area contributed by atoms with Gasteiger partial charge in [-0.1, -0.05) is 12.1 Å². The molecule has 0 saturated carbocycles. The maximum absolute atomic E-state index is 12.4. The number of aliphatic hydroxyl groups is 1. The SMILES string of the molecule is C1CCOC1.COC(=O)c1cc2[nH]ncc2cc1NC(=O)c1cccc(C)n1.Cc1cccc(C(=O)Nc2cc3cn[nH]c3cc2C(C)(C)O)n1.[Br-].[CH3-].[Mg+2]. The van der Waals surface area contributed by atoms with Crippen LogP contribution >= 0.6 is 0 Å². The third kappa shape index (κ3) is 11.9. The van der Waals surface area contributed by atoms with Crippen LogP contribution in [0.15, 0.2) is 73.1 Å². The van der Waals surface area contributed by atoms with Crippen molar-refractivity contribution < 1.29 is 45.9 Å². The minimum Gasteiger partial charge on any atom is -1.00 e. The Labute approximate surface area is 340 Å². The molecule has 0 spiro atoms. The van der Waals surface area contributed by atoms with Gasteiger partial charge in [-0.05, 0) is 89.1 Å². The zero-order chi connectivity index (χ0) is 36.5. The van der Waals surface area contributed by atoms with E-state index >= 15 is 0 Å². The maximum atomic E-state index is 12.4. The van der Waals surface area contributed by atoms with Crippen LogP contribution < -0.4 is 27.6 Å². The molecule has 0 atom stereocenters. The molecular formula is C38H43BrMgN8O6. The van der Waals surface area contributed by atoms with E-state index in [2.05, 4.69) is 41.0 Å². The van der Waals surface area contributed by atoms with E-state index in [0.29, 0.717) is 28.1 Å². The summed E-state index contributed by atoms with van der Waals surface area (Å²) in [6.07, 6.45) is 5.83. The molecule has 6 aromatic rings. The average Bonchev–Trinajstić information content (AvgIpc) is 3.91. The first kappa shape index (κ1) is 45.4. The number of carbonyl (C=O) groups is 3. The summed E-state index contributed by atoms with van der Waals surface area (Å²) in [6, 6.07) is 17.3. The van der Waals surface area contributed by atoms with Gasteiger partial charge in [0.05, 0.1) is 47.4 Å². The summed E-state index contributed by atoms with van der Waals surface area (Å²) in [4.78, 5) is 45.1. The molecule has 54 heavy (non-hydrogen) atoms. The number of ether oxygens (including phenoxy) is 2. The minimum atomic E-state index is -1.11. The molecule has 14 nitrogen and oxygen atoms in total. The van der Waals surface area contributed by atoms with E-state index in [1.807, 2.05) is 13.0 Å². The number of benzene rings is 2. The number of anilines is 2. The number of pyridine rings is 2. The molecule has 2 aromatic carbocycles. The van der Waals surface area contributed by atoms with Crippen LogP contribution in [0.4, 0.5) is 11.4 Å². The number of nitrogens with one attached hydrogen (secondary N) is 4. The molecule has 1 aliphatic heterocycles. The predicted molar refractivity (Wildman–Crippen MR) is 205 cm³/mol. The molecule has 5 N–H and O–H groups in total. The first-order valence-corrected chi connectivity index (χ1v) is 16.3. The number of H-pyrrole nitrogens is 2. The van der Waals surface area contributed by atoms with Gasteiger partial charge in [0.2, 0.25) is 0 Å². The van der Waals surface area contributed by atoms with Crippen molar-refractivity contribution in [3.8, 4) is 0 Å². The number of halogens is 1. The fraction of sp³-hybridized carbons (Fsp3) is 0.263. The number of hydrogen-bond donors (Lipinski definition) is 5. The molecule has 0 bridgehead atoms. The number of fused-ring (bicyclic) bond motifs is 2. The number of aromatic nitrogens is 6. The van der Waals surface area contributed by atoms with E-state index in [-0.39, 0.29) is 64.6 Å². The zero-order valence-electron chi connectivity index (χ0n) is 31.1. The summed E-state index contributed by atoms with van der Waals surface area (Å²) in [5.41, 5.74) is 4.21. The molecule has 4 aromatic heterocycles. The fourth-order valence-corrected chi connectivity index (χ4v) is 5.20. The van der Waals surface area contributed by atoms with Crippen molar-refractivity contribution in [2.75, 3.05) is 31.0 Å². The fourth-order valence-electron chi connectivity index (χ4n) is 5.20. The van der Waals surface area contributed by atoms with Crippen molar-refractivity contribution in [3.05, 3.63) is 114 Å². The first-order chi connectivity index (χ1) is 24.4. The number of rotatable bonds is 6. The monoisotopic (exact) mass is 810 g/mol. The Morgan fingerprint density at radius 1 is 0.796 bits per heavy atom. The molecule has 280 valence electrons. The zero-order valence-corrected chi connectivity index (χ0v) is 34.1. The number of carbonyl (C=O) groups excluding carboxylic acids is 3. The van der Waals surface area contributed by atoms with Crippen LogP contribution in [0.1, 0.15) is 75.0 Å². The Balaban J connectivity index is 0.000000314. The maximum Gasteiger partial charge on any atom is 2.00 e. The van der Waals surface area contributed by atoms with Gasteiger partial charge < -0.3 is 49.6 Å². The van der Waals surface area contributed by atoms with E-state index in [4.69, 9.17) is 9.47 Å². The molecule has 7 rings (SSSR count). The molecular weight excluding hydrogens is 769 g/mol. The van der Waals surface area contributed by atoms with Crippen LogP contribution in [0.3, 0.4) is 0 Å². The van der Waals surface area contributed by atoms with Crippen molar-refractivity contribution in [2.24, 2.45) is 0 Å². The van der Waals surface area contributed by atoms with Crippen LogP contribution in [0.5, 0.6) is 0 Å². The van der Waals surface area contributed by atoms with Gasteiger partial charge in [-0.25, -0.2) is 14.8 Å². The van der Waals surface area contributed by atoms with E-state index < -0.39 is 17.5 Å². The van der Waals surface area contributed by atoms with Gasteiger partial charge in [-0.15, -0.1) is 0 Å². The number of methoxy groups -OCH3 is 1. The third-order valence-corrected chi connectivity index (χ3v) is 7.79. The molecule has 0 aliphatic carbocycles. The Morgan fingerprint density at radius 3 is 1.72 bits per heavy atom. The summed E-state index contributed by atoms with van der Waals surface area (Å²) in [7, 11) is 1.28. The van der Waals surface area contributed by atoms with Crippen molar-refractivity contribution in [1.82, 2.24) is 30.4 Å². The van der Waals surface area contributed by atoms with Crippen molar-refractivity contribution in [1.29, 1.82) is 0 Å². The Kier molecular flexibility index (Phi) is 17.4. The minimum absolute atomic E-state index is 0. The van der Waals surface area contributed by atoms with Gasteiger partial charge in [0.25, 0.3) is 11.8 Å². The smallest absolute Gasteiger partial charge is 1.00 e. The molecule has 1 aliphatic rings. The summed E-state index contributed by atoms with van der Waals surface area (Å²) in [6.45, 7) is 8.97. The van der Waals surface area contributed by atoms with Gasteiger partial charge in [-0.2, -0.15) is 10.2 Å². The quantitative estimate of drug-likeness (QED) is 0.0948. The van der Waals surface area contributed by atoms with Crippen LogP contribution in [0, 0.1) is 21.3 Å². The summed E-state index contributed by atoms with van der Waals surface area (Å²) < 4.78 is 9.71. The number of hydrogen-bond acceptors (Lipinski definition) is 10. The van der Waals surface area contributed by atoms with Gasteiger partial charge in [0, 0.05) is 46.6 Å². The normalized spacial score (nSPS) is 11.7. The molecule has 1 saturated heterocycles. The summed E-state index contributed by atoms with van der Waals surface area (Å²) in [5, 5.41) is 31.1. The van der Waals surface area contributed by atoms with Gasteiger partial charge in [-0.3, -0.25) is 19.8 Å². The van der Waals surface area contributed by atoms with E-state index in [0.717, 1.165) is 40.9 Å². The van der Waals surface area contributed by atoms with Crippen molar-refractivity contribution in [3.63, 3.8) is 0 Å². The Hall–Kier alpha value is -4.74. The number of aromatic amines is 2. The van der Waals surface area contributed by atoms with Crippen LogP contribution in [0.2, 0.25) is 0 Å². The Morgan fingerprint density at radius 2 is 1.28 bits per heavy atom. The van der Waals surface area contributed by atoms with E-state index in [1.54, 1.807) is 87.8 Å². The van der Waals surface area contributed by atoms with Crippen LogP contribution in [-0.4, -0.2) is 96.6 Å². The average molecular weight is 812 g/mol. The number of amides is 2. The van der Waals surface area contributed by atoms with E-state index in [1.165, 1.54) is 20.0 Å². The topological polar surface area (TPSA) is 197 Å². The number of nitrogens with zero attached hydrogens (tertiary/aromatic N) is 4. The van der Waals surface area contributed by atoms with E-state index in [9.17, 15) is 19.5 Å². The van der Waals surface area contributed by atoms with Crippen LogP contribution in [0.25, 0.3) is 21.8 Å². The molecule has 0 radical (unpaired) electrons. The second-order valence-electron chi connectivity index (χ2n) is 12.3. The largest absolute Gasteiger partial charge is 2.00 e. The summed E-state index contributed by atoms with van der Waals surface area (Å²) in [5.74, 6) is -1.27.